The van der Waals surface area contributed by atoms with Gasteiger partial charge in [0.2, 0.25) is 0 Å². The zero-order valence-electron chi connectivity index (χ0n) is 13.1. The zero-order valence-corrected chi connectivity index (χ0v) is 13.1. The highest BCUT2D eigenvalue weighted by Gasteiger charge is 2.20. The summed E-state index contributed by atoms with van der Waals surface area (Å²) in [6.07, 6.45) is 3.43. The van der Waals surface area contributed by atoms with Crippen LogP contribution in [0.2, 0.25) is 0 Å². The number of hydrogen-bond acceptors (Lipinski definition) is 5. The van der Waals surface area contributed by atoms with Crippen LogP contribution >= 0.6 is 0 Å². The van der Waals surface area contributed by atoms with Gasteiger partial charge in [0.05, 0.1) is 0 Å². The van der Waals surface area contributed by atoms with Crippen LogP contribution in [-0.2, 0) is 5.41 Å². The SMILES string of the molecule is C=NCC(C)(C)c1ccc(Nc2cc(C(C)=O)ccn2)nc1. The van der Waals surface area contributed by atoms with Gasteiger partial charge in [-0.3, -0.25) is 4.79 Å². The Morgan fingerprint density at radius 1 is 1.27 bits per heavy atom. The first-order valence-corrected chi connectivity index (χ1v) is 7.05. The van der Waals surface area contributed by atoms with Crippen molar-refractivity contribution in [3.05, 3.63) is 47.8 Å². The number of pyridine rings is 2. The van der Waals surface area contributed by atoms with Gasteiger partial charge in [0.25, 0.3) is 0 Å². The lowest BCUT2D eigenvalue weighted by Crippen LogP contribution is -2.21. The Balaban J connectivity index is 2.16. The van der Waals surface area contributed by atoms with E-state index < -0.39 is 0 Å². The number of Topliss-reactive ketones (excluding diaryl/α,β-unsaturated/α-hetero) is 1. The number of aliphatic imine (C=N–C) groups is 1. The number of ketones is 1. The Hall–Kier alpha value is -2.56. The van der Waals surface area contributed by atoms with Gasteiger partial charge in [-0.05, 0) is 37.4 Å². The van der Waals surface area contributed by atoms with Gasteiger partial charge in [0, 0.05) is 29.9 Å². The van der Waals surface area contributed by atoms with Crippen LogP contribution < -0.4 is 5.32 Å². The molecule has 2 rings (SSSR count). The van der Waals surface area contributed by atoms with E-state index in [0.29, 0.717) is 23.7 Å². The monoisotopic (exact) mass is 296 g/mol. The fraction of sp³-hybridized carbons (Fsp3) is 0.294. The van der Waals surface area contributed by atoms with Gasteiger partial charge in [-0.25, -0.2) is 9.97 Å². The van der Waals surface area contributed by atoms with Gasteiger partial charge in [-0.2, -0.15) is 0 Å². The summed E-state index contributed by atoms with van der Waals surface area (Å²) in [5.74, 6) is 1.28. The summed E-state index contributed by atoms with van der Waals surface area (Å²) in [6.45, 7) is 9.92. The smallest absolute Gasteiger partial charge is 0.159 e. The van der Waals surface area contributed by atoms with E-state index in [9.17, 15) is 4.79 Å². The van der Waals surface area contributed by atoms with Crippen molar-refractivity contribution in [3.8, 4) is 0 Å². The summed E-state index contributed by atoms with van der Waals surface area (Å²) >= 11 is 0. The Bertz CT molecular complexity index is 677. The molecule has 0 bridgehead atoms. The number of nitrogens with one attached hydrogen (secondary N) is 1. The average Bonchev–Trinajstić information content (AvgIpc) is 2.48. The molecule has 5 heteroatoms. The van der Waals surface area contributed by atoms with Gasteiger partial charge >= 0.3 is 0 Å². The molecule has 0 aliphatic rings. The van der Waals surface area contributed by atoms with Gasteiger partial charge in [0.15, 0.2) is 5.78 Å². The number of nitrogens with zero attached hydrogens (tertiary/aromatic N) is 3. The summed E-state index contributed by atoms with van der Waals surface area (Å²) in [7, 11) is 0. The quantitative estimate of drug-likeness (QED) is 0.655. The molecular weight excluding hydrogens is 276 g/mol. The molecule has 0 spiro atoms. The predicted molar refractivity (Wildman–Crippen MR) is 89.2 cm³/mol. The minimum atomic E-state index is -0.0971. The molecule has 0 unspecified atom stereocenters. The minimum Gasteiger partial charge on any atom is -0.325 e. The maximum absolute atomic E-state index is 11.4. The molecule has 114 valence electrons. The fourth-order valence-electron chi connectivity index (χ4n) is 2.09. The van der Waals surface area contributed by atoms with Crippen LogP contribution in [0.5, 0.6) is 0 Å². The van der Waals surface area contributed by atoms with Crippen molar-refractivity contribution in [3.63, 3.8) is 0 Å². The second kappa shape index (κ2) is 6.47. The standard InChI is InChI=1S/C17H20N4O/c1-12(22)13-7-8-19-16(9-13)21-15-6-5-14(10-20-15)17(2,3)11-18-4/h5-10H,4,11H2,1-3H3,(H,19,20,21). The zero-order chi connectivity index (χ0) is 16.2. The second-order valence-electron chi connectivity index (χ2n) is 5.81. The first-order valence-electron chi connectivity index (χ1n) is 7.05. The van der Waals surface area contributed by atoms with Crippen molar-refractivity contribution >= 4 is 24.1 Å². The molecule has 0 fully saturated rings. The molecule has 0 saturated heterocycles. The fourth-order valence-corrected chi connectivity index (χ4v) is 2.09. The number of aromatic nitrogens is 2. The summed E-state index contributed by atoms with van der Waals surface area (Å²) in [4.78, 5) is 23.9. The van der Waals surface area contributed by atoms with E-state index in [2.05, 4.69) is 40.8 Å². The van der Waals surface area contributed by atoms with Gasteiger partial charge in [-0.15, -0.1) is 0 Å². The summed E-state index contributed by atoms with van der Waals surface area (Å²) < 4.78 is 0. The molecular formula is C17H20N4O. The Morgan fingerprint density at radius 2 is 2.05 bits per heavy atom. The summed E-state index contributed by atoms with van der Waals surface area (Å²) in [5.41, 5.74) is 1.61. The predicted octanol–water partition coefficient (Wildman–Crippen LogP) is 3.40. The normalized spacial score (nSPS) is 11.0. The molecule has 0 aliphatic carbocycles. The van der Waals surface area contributed by atoms with Gasteiger partial charge < -0.3 is 10.3 Å². The Morgan fingerprint density at radius 3 is 2.64 bits per heavy atom. The highest BCUT2D eigenvalue weighted by atomic mass is 16.1. The molecule has 2 aromatic rings. The van der Waals surface area contributed by atoms with Crippen LogP contribution in [0.1, 0.15) is 36.7 Å². The number of rotatable bonds is 6. The largest absolute Gasteiger partial charge is 0.325 e. The molecule has 2 aromatic heterocycles. The molecule has 5 nitrogen and oxygen atoms in total. The van der Waals surface area contributed by atoms with E-state index in [1.165, 1.54) is 6.92 Å². The number of hydrogen-bond donors (Lipinski definition) is 1. The maximum atomic E-state index is 11.4. The topological polar surface area (TPSA) is 67.2 Å². The molecule has 0 aliphatic heterocycles. The first-order chi connectivity index (χ1) is 10.4. The van der Waals surface area contributed by atoms with E-state index in [1.807, 2.05) is 18.3 Å². The Kier molecular flexibility index (Phi) is 4.65. The lowest BCUT2D eigenvalue weighted by molar-refractivity contribution is 0.101. The molecule has 0 atom stereocenters. The van der Waals surface area contributed by atoms with Crippen LogP contribution in [0.25, 0.3) is 0 Å². The maximum Gasteiger partial charge on any atom is 0.159 e. The van der Waals surface area contributed by atoms with Crippen molar-refractivity contribution in [2.45, 2.75) is 26.2 Å². The highest BCUT2D eigenvalue weighted by molar-refractivity contribution is 5.94. The molecule has 2 heterocycles. The number of carbonyl (C=O) groups excluding carboxylic acids is 1. The third kappa shape index (κ3) is 3.75. The van der Waals surface area contributed by atoms with Crippen molar-refractivity contribution in [2.24, 2.45) is 4.99 Å². The molecule has 0 amide bonds. The van der Waals surface area contributed by atoms with E-state index in [1.54, 1.807) is 18.3 Å². The molecule has 0 radical (unpaired) electrons. The van der Waals surface area contributed by atoms with Gasteiger partial charge in [-0.1, -0.05) is 19.9 Å². The summed E-state index contributed by atoms with van der Waals surface area (Å²) in [5, 5.41) is 3.10. The van der Waals surface area contributed by atoms with E-state index >= 15 is 0 Å². The van der Waals surface area contributed by atoms with Crippen LogP contribution in [0.4, 0.5) is 11.6 Å². The lowest BCUT2D eigenvalue weighted by Gasteiger charge is -2.22. The van der Waals surface area contributed by atoms with Crippen molar-refractivity contribution in [2.75, 3.05) is 11.9 Å². The van der Waals surface area contributed by atoms with Crippen LogP contribution in [0.3, 0.4) is 0 Å². The van der Waals surface area contributed by atoms with Crippen molar-refractivity contribution in [1.82, 2.24) is 9.97 Å². The third-order valence-electron chi connectivity index (χ3n) is 3.47. The molecule has 22 heavy (non-hydrogen) atoms. The van der Waals surface area contributed by atoms with E-state index in [0.717, 1.165) is 5.56 Å². The molecule has 0 saturated carbocycles. The van der Waals surface area contributed by atoms with Crippen LogP contribution in [0.15, 0.2) is 41.7 Å². The Labute approximate surface area is 130 Å². The van der Waals surface area contributed by atoms with E-state index in [-0.39, 0.29) is 11.2 Å². The highest BCUT2D eigenvalue weighted by Crippen LogP contribution is 2.24. The van der Waals surface area contributed by atoms with Crippen molar-refractivity contribution < 1.29 is 4.79 Å². The summed E-state index contributed by atoms with van der Waals surface area (Å²) in [6, 6.07) is 7.30. The minimum absolute atomic E-state index is 0.00688. The molecule has 0 aromatic carbocycles. The van der Waals surface area contributed by atoms with Gasteiger partial charge in [0.1, 0.15) is 11.6 Å². The number of anilines is 2. The van der Waals surface area contributed by atoms with Crippen LogP contribution in [0, 0.1) is 0 Å². The molecule has 1 N–H and O–H groups in total. The average molecular weight is 296 g/mol. The first kappa shape index (κ1) is 15.8. The van der Waals surface area contributed by atoms with Crippen molar-refractivity contribution in [1.29, 1.82) is 0 Å². The van der Waals surface area contributed by atoms with Crippen LogP contribution in [-0.4, -0.2) is 29.0 Å². The second-order valence-corrected chi connectivity index (χ2v) is 5.81. The third-order valence-corrected chi connectivity index (χ3v) is 3.47. The van der Waals surface area contributed by atoms with E-state index in [4.69, 9.17) is 0 Å². The lowest BCUT2D eigenvalue weighted by atomic mass is 9.86. The number of carbonyl (C=O) groups is 1.